The summed E-state index contributed by atoms with van der Waals surface area (Å²) in [5.41, 5.74) is 1.62. The van der Waals surface area contributed by atoms with Crippen molar-refractivity contribution < 1.29 is 22.7 Å². The number of benzene rings is 2. The van der Waals surface area contributed by atoms with Gasteiger partial charge in [0.2, 0.25) is 5.91 Å². The van der Waals surface area contributed by atoms with Crippen LogP contribution in [0.15, 0.2) is 36.4 Å². The van der Waals surface area contributed by atoms with Crippen molar-refractivity contribution in [1.29, 1.82) is 0 Å². The highest BCUT2D eigenvalue weighted by molar-refractivity contribution is 5.88. The van der Waals surface area contributed by atoms with Crippen molar-refractivity contribution in [3.05, 3.63) is 42.0 Å². The molecule has 1 aliphatic heterocycles. The van der Waals surface area contributed by atoms with Gasteiger partial charge in [-0.1, -0.05) is 31.2 Å². The van der Waals surface area contributed by atoms with Gasteiger partial charge in [-0.3, -0.25) is 10.2 Å². The van der Waals surface area contributed by atoms with Gasteiger partial charge < -0.3 is 4.74 Å². The van der Waals surface area contributed by atoms with E-state index in [1.807, 2.05) is 6.92 Å². The molecule has 0 bridgehead atoms. The Kier molecular flexibility index (Phi) is 5.08. The summed E-state index contributed by atoms with van der Waals surface area (Å²) in [5, 5.41) is 2.15. The summed E-state index contributed by atoms with van der Waals surface area (Å²) in [6.07, 6.45) is -3.75. The first-order valence-corrected chi connectivity index (χ1v) is 8.93. The smallest absolute Gasteiger partial charge is 0.409 e. The van der Waals surface area contributed by atoms with Crippen LogP contribution in [0.2, 0.25) is 0 Å². The molecule has 3 rings (SSSR count). The van der Waals surface area contributed by atoms with Crippen molar-refractivity contribution >= 4 is 16.7 Å². The Morgan fingerprint density at radius 1 is 1.26 bits per heavy atom. The molecule has 0 aliphatic carbocycles. The zero-order valence-corrected chi connectivity index (χ0v) is 15.6. The van der Waals surface area contributed by atoms with Crippen LogP contribution in [-0.2, 0) is 4.79 Å². The number of carbonyl (C=O) groups excluding carboxylic acids is 1. The number of rotatable bonds is 5. The quantitative estimate of drug-likeness (QED) is 0.824. The first-order chi connectivity index (χ1) is 12.6. The number of nitrogens with one attached hydrogen (secondary N) is 1. The predicted octanol–water partition coefficient (Wildman–Crippen LogP) is 4.61. The number of ether oxygens (including phenoxy) is 1. The summed E-state index contributed by atoms with van der Waals surface area (Å²) >= 11 is 0. The molecule has 146 valence electrons. The highest BCUT2D eigenvalue weighted by atomic mass is 19.4. The van der Waals surface area contributed by atoms with Gasteiger partial charge in [-0.2, -0.15) is 13.2 Å². The zero-order valence-electron chi connectivity index (χ0n) is 15.6. The van der Waals surface area contributed by atoms with Crippen LogP contribution in [0.1, 0.15) is 38.8 Å². The van der Waals surface area contributed by atoms with E-state index in [1.165, 1.54) is 6.07 Å². The van der Waals surface area contributed by atoms with Crippen LogP contribution in [0.25, 0.3) is 10.8 Å². The first kappa shape index (κ1) is 19.5. The van der Waals surface area contributed by atoms with Crippen LogP contribution in [0.4, 0.5) is 13.2 Å². The molecule has 0 aromatic heterocycles. The SMILES string of the molecule is CCCOc1ccc2cccc([C@H](N3CC(C)(C)C(=O)N3)C(F)(F)F)c2c1. The summed E-state index contributed by atoms with van der Waals surface area (Å²) in [7, 11) is 0. The molecule has 1 amide bonds. The maximum atomic E-state index is 14.0. The summed E-state index contributed by atoms with van der Waals surface area (Å²) in [6.45, 7) is 5.69. The molecular weight excluding hydrogens is 357 g/mol. The third kappa shape index (κ3) is 3.88. The lowest BCUT2D eigenvalue weighted by Gasteiger charge is -2.30. The maximum absolute atomic E-state index is 14.0. The number of carbonyl (C=O) groups is 1. The molecule has 1 N–H and O–H groups in total. The Bertz CT molecular complexity index is 849. The van der Waals surface area contributed by atoms with E-state index >= 15 is 0 Å². The van der Waals surface area contributed by atoms with Crippen molar-refractivity contribution in [2.45, 2.75) is 39.4 Å². The van der Waals surface area contributed by atoms with E-state index in [0.29, 0.717) is 23.1 Å². The minimum atomic E-state index is -4.55. The molecule has 0 radical (unpaired) electrons. The fourth-order valence-electron chi connectivity index (χ4n) is 3.32. The molecule has 1 atom stereocenters. The molecule has 1 aliphatic rings. The maximum Gasteiger partial charge on any atom is 0.409 e. The summed E-state index contributed by atoms with van der Waals surface area (Å²) in [4.78, 5) is 12.1. The zero-order chi connectivity index (χ0) is 19.8. The second-order valence-electron chi connectivity index (χ2n) is 7.48. The van der Waals surface area contributed by atoms with Crippen molar-refractivity contribution in [3.8, 4) is 5.75 Å². The van der Waals surface area contributed by atoms with Crippen molar-refractivity contribution in [3.63, 3.8) is 0 Å². The van der Waals surface area contributed by atoms with E-state index in [4.69, 9.17) is 4.74 Å². The van der Waals surface area contributed by atoms with Crippen molar-refractivity contribution in [2.24, 2.45) is 5.41 Å². The van der Waals surface area contributed by atoms with Gasteiger partial charge in [-0.15, -0.1) is 0 Å². The Balaban J connectivity index is 2.09. The lowest BCUT2D eigenvalue weighted by molar-refractivity contribution is -0.191. The highest BCUT2D eigenvalue weighted by Gasteiger charge is 2.51. The predicted molar refractivity (Wildman–Crippen MR) is 97.2 cm³/mol. The van der Waals surface area contributed by atoms with E-state index in [0.717, 1.165) is 11.4 Å². The van der Waals surface area contributed by atoms with E-state index in [2.05, 4.69) is 5.43 Å². The Morgan fingerprint density at radius 3 is 2.59 bits per heavy atom. The van der Waals surface area contributed by atoms with Gasteiger partial charge in [-0.05, 0) is 48.7 Å². The molecule has 2 aromatic carbocycles. The van der Waals surface area contributed by atoms with Crippen LogP contribution in [0, 0.1) is 5.41 Å². The number of hydrogen-bond acceptors (Lipinski definition) is 3. The van der Waals surface area contributed by atoms with E-state index < -0.39 is 23.5 Å². The monoisotopic (exact) mass is 380 g/mol. The average molecular weight is 380 g/mol. The number of nitrogens with zero attached hydrogens (tertiary/aromatic N) is 1. The van der Waals surface area contributed by atoms with Gasteiger partial charge in [0.05, 0.1) is 12.0 Å². The van der Waals surface area contributed by atoms with Gasteiger partial charge in [0.1, 0.15) is 5.75 Å². The fraction of sp³-hybridized carbons (Fsp3) is 0.450. The lowest BCUT2D eigenvalue weighted by Crippen LogP contribution is -2.43. The number of fused-ring (bicyclic) bond motifs is 1. The number of hydrogen-bond donors (Lipinski definition) is 1. The Labute approximate surface area is 156 Å². The molecule has 1 fully saturated rings. The largest absolute Gasteiger partial charge is 0.494 e. The number of amides is 1. The standard InChI is InChI=1S/C20H23F3N2O2/c1-4-10-27-14-9-8-13-6-5-7-15(16(13)11-14)17(20(21,22)23)25-12-19(2,3)18(26)24-25/h5-9,11,17H,4,10,12H2,1-3H3,(H,24,26)/t17-/m0/s1. The normalized spacial score (nSPS) is 18.5. The molecule has 1 saturated heterocycles. The minimum absolute atomic E-state index is 0.0293. The summed E-state index contributed by atoms with van der Waals surface area (Å²) in [5.74, 6) is 0.118. The number of alkyl halides is 3. The van der Waals surface area contributed by atoms with Crippen molar-refractivity contribution in [2.75, 3.05) is 13.2 Å². The van der Waals surface area contributed by atoms with Gasteiger partial charge >= 0.3 is 6.18 Å². The van der Waals surface area contributed by atoms with Gasteiger partial charge in [0.15, 0.2) is 6.04 Å². The molecule has 1 heterocycles. The van der Waals surface area contributed by atoms with E-state index in [9.17, 15) is 18.0 Å². The summed E-state index contributed by atoms with van der Waals surface area (Å²) in [6, 6.07) is 8.04. The van der Waals surface area contributed by atoms with E-state index in [1.54, 1.807) is 44.2 Å². The van der Waals surface area contributed by atoms with Gasteiger partial charge in [0.25, 0.3) is 0 Å². The Hall–Kier alpha value is -2.28. The lowest BCUT2D eigenvalue weighted by atomic mass is 9.93. The van der Waals surface area contributed by atoms with Crippen LogP contribution in [0.5, 0.6) is 5.75 Å². The van der Waals surface area contributed by atoms with Crippen LogP contribution < -0.4 is 10.2 Å². The molecule has 2 aromatic rings. The number of halogens is 3. The molecule has 7 heteroatoms. The van der Waals surface area contributed by atoms with Gasteiger partial charge in [-0.25, -0.2) is 5.01 Å². The minimum Gasteiger partial charge on any atom is -0.494 e. The topological polar surface area (TPSA) is 41.6 Å². The fourth-order valence-corrected chi connectivity index (χ4v) is 3.32. The second kappa shape index (κ2) is 7.03. The van der Waals surface area contributed by atoms with E-state index in [-0.39, 0.29) is 12.1 Å². The highest BCUT2D eigenvalue weighted by Crippen LogP contribution is 2.43. The third-order valence-electron chi connectivity index (χ3n) is 4.70. The summed E-state index contributed by atoms with van der Waals surface area (Å²) < 4.78 is 47.7. The molecule has 4 nitrogen and oxygen atoms in total. The molecule has 27 heavy (non-hydrogen) atoms. The molecule has 0 saturated carbocycles. The third-order valence-corrected chi connectivity index (χ3v) is 4.70. The number of hydrazine groups is 1. The van der Waals surface area contributed by atoms with Gasteiger partial charge in [0, 0.05) is 6.54 Å². The molecular formula is C20H23F3N2O2. The Morgan fingerprint density at radius 2 is 2.00 bits per heavy atom. The first-order valence-electron chi connectivity index (χ1n) is 8.93. The van der Waals surface area contributed by atoms with Crippen LogP contribution in [-0.4, -0.2) is 30.2 Å². The average Bonchev–Trinajstić information content (AvgIpc) is 2.84. The molecule has 0 spiro atoms. The van der Waals surface area contributed by atoms with Crippen LogP contribution in [0.3, 0.4) is 0 Å². The molecule has 0 unspecified atom stereocenters. The van der Waals surface area contributed by atoms with Crippen LogP contribution >= 0.6 is 0 Å². The van der Waals surface area contributed by atoms with Crippen molar-refractivity contribution in [1.82, 2.24) is 10.4 Å². The second-order valence-corrected chi connectivity index (χ2v) is 7.48.